The molecule has 1 atom stereocenters. The maximum absolute atomic E-state index is 8.81. The Morgan fingerprint density at radius 3 is 2.90 bits per heavy atom. The normalized spacial score (nSPS) is 18.3. The standard InChI is InChI=1S/C17H23NO3/c1-20-16-8-9-18(13-16)12-14-6-7-17(21-2)15(11-14)5-3-4-10-19/h6-7,11,16,19H,4,8-10,12-13H2,1-2H3. The van der Waals surface area contributed by atoms with Gasteiger partial charge in [0.15, 0.2) is 0 Å². The molecule has 1 aliphatic heterocycles. The van der Waals surface area contributed by atoms with E-state index in [-0.39, 0.29) is 6.61 Å². The highest BCUT2D eigenvalue weighted by Crippen LogP contribution is 2.21. The summed E-state index contributed by atoms with van der Waals surface area (Å²) in [5.41, 5.74) is 2.10. The zero-order valence-electron chi connectivity index (χ0n) is 12.8. The van der Waals surface area contributed by atoms with Crippen molar-refractivity contribution in [2.24, 2.45) is 0 Å². The van der Waals surface area contributed by atoms with Gasteiger partial charge < -0.3 is 14.6 Å². The van der Waals surface area contributed by atoms with Crippen molar-refractivity contribution in [3.8, 4) is 17.6 Å². The molecule has 0 saturated carbocycles. The molecule has 1 heterocycles. The predicted octanol–water partition coefficient (Wildman–Crippen LogP) is 1.65. The Bertz CT molecular complexity index is 519. The lowest BCUT2D eigenvalue weighted by molar-refractivity contribution is 0.107. The van der Waals surface area contributed by atoms with E-state index in [1.807, 2.05) is 6.07 Å². The molecule has 2 rings (SSSR count). The summed E-state index contributed by atoms with van der Waals surface area (Å²) in [5.74, 6) is 6.80. The van der Waals surface area contributed by atoms with Gasteiger partial charge in [-0.1, -0.05) is 17.9 Å². The van der Waals surface area contributed by atoms with Crippen LogP contribution in [-0.4, -0.2) is 50.0 Å². The van der Waals surface area contributed by atoms with E-state index in [9.17, 15) is 0 Å². The van der Waals surface area contributed by atoms with Crippen molar-refractivity contribution >= 4 is 0 Å². The molecule has 0 radical (unpaired) electrons. The van der Waals surface area contributed by atoms with E-state index in [1.165, 1.54) is 5.56 Å². The number of hydrogen-bond donors (Lipinski definition) is 1. The van der Waals surface area contributed by atoms with Gasteiger partial charge in [0.1, 0.15) is 5.75 Å². The van der Waals surface area contributed by atoms with Gasteiger partial charge in [0.2, 0.25) is 0 Å². The van der Waals surface area contributed by atoms with E-state index in [4.69, 9.17) is 14.6 Å². The molecule has 1 unspecified atom stereocenters. The Balaban J connectivity index is 2.07. The van der Waals surface area contributed by atoms with E-state index >= 15 is 0 Å². The van der Waals surface area contributed by atoms with Crippen molar-refractivity contribution in [3.63, 3.8) is 0 Å². The zero-order chi connectivity index (χ0) is 15.1. The Morgan fingerprint density at radius 1 is 1.38 bits per heavy atom. The summed E-state index contributed by atoms with van der Waals surface area (Å²) in [7, 11) is 3.42. The smallest absolute Gasteiger partial charge is 0.134 e. The molecule has 0 aliphatic carbocycles. The average Bonchev–Trinajstić information content (AvgIpc) is 2.95. The Kier molecular flexibility index (Phi) is 6.06. The second kappa shape index (κ2) is 8.04. The van der Waals surface area contributed by atoms with Crippen molar-refractivity contribution < 1.29 is 14.6 Å². The topological polar surface area (TPSA) is 41.9 Å². The number of aliphatic hydroxyl groups excluding tert-OH is 1. The van der Waals surface area contributed by atoms with Crippen molar-refractivity contribution in [1.82, 2.24) is 4.90 Å². The number of likely N-dealkylation sites (tertiary alicyclic amines) is 1. The molecule has 1 saturated heterocycles. The van der Waals surface area contributed by atoms with E-state index in [2.05, 4.69) is 28.9 Å². The minimum Gasteiger partial charge on any atom is -0.495 e. The van der Waals surface area contributed by atoms with Gasteiger partial charge in [-0.25, -0.2) is 0 Å². The van der Waals surface area contributed by atoms with Gasteiger partial charge in [0.05, 0.1) is 25.4 Å². The van der Waals surface area contributed by atoms with Crippen LogP contribution in [0, 0.1) is 11.8 Å². The Labute approximate surface area is 126 Å². The molecule has 0 amide bonds. The average molecular weight is 289 g/mol. The quantitative estimate of drug-likeness (QED) is 0.837. The lowest BCUT2D eigenvalue weighted by Gasteiger charge is -2.16. The van der Waals surface area contributed by atoms with Crippen LogP contribution in [0.5, 0.6) is 5.75 Å². The van der Waals surface area contributed by atoms with Gasteiger partial charge in [-0.15, -0.1) is 0 Å². The molecule has 1 aromatic rings. The molecule has 21 heavy (non-hydrogen) atoms. The van der Waals surface area contributed by atoms with E-state index in [0.29, 0.717) is 12.5 Å². The number of methoxy groups -OCH3 is 2. The molecular formula is C17H23NO3. The summed E-state index contributed by atoms with van der Waals surface area (Å²) in [6, 6.07) is 6.11. The fourth-order valence-corrected chi connectivity index (χ4v) is 2.56. The number of rotatable bonds is 5. The second-order valence-electron chi connectivity index (χ2n) is 5.19. The molecule has 4 nitrogen and oxygen atoms in total. The first-order chi connectivity index (χ1) is 10.3. The van der Waals surface area contributed by atoms with Gasteiger partial charge in [-0.3, -0.25) is 4.90 Å². The molecule has 0 aromatic heterocycles. The first kappa shape index (κ1) is 15.8. The van der Waals surface area contributed by atoms with E-state index in [0.717, 1.165) is 37.4 Å². The van der Waals surface area contributed by atoms with Crippen LogP contribution in [0.15, 0.2) is 18.2 Å². The van der Waals surface area contributed by atoms with Crippen LogP contribution >= 0.6 is 0 Å². The second-order valence-corrected chi connectivity index (χ2v) is 5.19. The molecule has 1 fully saturated rings. The van der Waals surface area contributed by atoms with Gasteiger partial charge in [0, 0.05) is 33.2 Å². The number of hydrogen-bond acceptors (Lipinski definition) is 4. The van der Waals surface area contributed by atoms with Gasteiger partial charge in [-0.05, 0) is 24.1 Å². The monoisotopic (exact) mass is 289 g/mol. The van der Waals surface area contributed by atoms with Crippen molar-refractivity contribution in [3.05, 3.63) is 29.3 Å². The number of aliphatic hydroxyl groups is 1. The fraction of sp³-hybridized carbons (Fsp3) is 0.529. The maximum atomic E-state index is 8.81. The minimum absolute atomic E-state index is 0.0845. The summed E-state index contributed by atoms with van der Waals surface area (Å²) in [6.45, 7) is 3.03. The fourth-order valence-electron chi connectivity index (χ4n) is 2.56. The zero-order valence-corrected chi connectivity index (χ0v) is 12.8. The third-order valence-corrected chi connectivity index (χ3v) is 3.69. The number of nitrogens with zero attached hydrogens (tertiary/aromatic N) is 1. The summed E-state index contributed by atoms with van der Waals surface area (Å²) in [4.78, 5) is 2.39. The third kappa shape index (κ3) is 4.47. The van der Waals surface area contributed by atoms with Crippen LogP contribution in [0.2, 0.25) is 0 Å². The summed E-state index contributed by atoms with van der Waals surface area (Å²) in [6.07, 6.45) is 1.93. The molecule has 0 spiro atoms. The highest BCUT2D eigenvalue weighted by Gasteiger charge is 2.21. The lowest BCUT2D eigenvalue weighted by Crippen LogP contribution is -2.22. The molecule has 0 bridgehead atoms. The molecule has 1 aliphatic rings. The van der Waals surface area contributed by atoms with Crippen LogP contribution in [-0.2, 0) is 11.3 Å². The van der Waals surface area contributed by atoms with Crippen LogP contribution in [0.4, 0.5) is 0 Å². The molecule has 114 valence electrons. The summed E-state index contributed by atoms with van der Waals surface area (Å²) >= 11 is 0. The first-order valence-electron chi connectivity index (χ1n) is 7.28. The van der Waals surface area contributed by atoms with Gasteiger partial charge in [0.25, 0.3) is 0 Å². The molecule has 4 heteroatoms. The number of benzene rings is 1. The largest absolute Gasteiger partial charge is 0.495 e. The van der Waals surface area contributed by atoms with Crippen molar-refractivity contribution in [2.75, 3.05) is 33.9 Å². The van der Waals surface area contributed by atoms with E-state index < -0.39 is 0 Å². The predicted molar refractivity (Wildman–Crippen MR) is 82.3 cm³/mol. The summed E-state index contributed by atoms with van der Waals surface area (Å²) in [5, 5.41) is 8.81. The Morgan fingerprint density at radius 2 is 2.24 bits per heavy atom. The maximum Gasteiger partial charge on any atom is 0.134 e. The minimum atomic E-state index is 0.0845. The molecule has 1 aromatic carbocycles. The molecule has 1 N–H and O–H groups in total. The van der Waals surface area contributed by atoms with Gasteiger partial charge >= 0.3 is 0 Å². The van der Waals surface area contributed by atoms with Crippen LogP contribution in [0.25, 0.3) is 0 Å². The highest BCUT2D eigenvalue weighted by atomic mass is 16.5. The van der Waals surface area contributed by atoms with Crippen molar-refractivity contribution in [2.45, 2.75) is 25.5 Å². The first-order valence-corrected chi connectivity index (χ1v) is 7.28. The van der Waals surface area contributed by atoms with E-state index in [1.54, 1.807) is 14.2 Å². The van der Waals surface area contributed by atoms with Gasteiger partial charge in [-0.2, -0.15) is 0 Å². The SMILES string of the molecule is COc1ccc(CN2CCC(OC)C2)cc1C#CCCO. The number of ether oxygens (including phenoxy) is 2. The lowest BCUT2D eigenvalue weighted by atomic mass is 10.1. The highest BCUT2D eigenvalue weighted by molar-refractivity contribution is 5.48. The van der Waals surface area contributed by atoms with Crippen molar-refractivity contribution in [1.29, 1.82) is 0 Å². The van der Waals surface area contributed by atoms with Crippen LogP contribution in [0.1, 0.15) is 24.0 Å². The van der Waals surface area contributed by atoms with Crippen LogP contribution in [0.3, 0.4) is 0 Å². The van der Waals surface area contributed by atoms with Crippen LogP contribution < -0.4 is 4.74 Å². The summed E-state index contributed by atoms with van der Waals surface area (Å²) < 4.78 is 10.7. The Hall–Kier alpha value is -1.54. The third-order valence-electron chi connectivity index (χ3n) is 3.69. The molecular weight excluding hydrogens is 266 g/mol.